The van der Waals surface area contributed by atoms with Crippen molar-refractivity contribution in [3.63, 3.8) is 0 Å². The fraction of sp³-hybridized carbons (Fsp3) is 0.452. The fourth-order valence-electron chi connectivity index (χ4n) is 7.02. The third kappa shape index (κ3) is 5.26. The average Bonchev–Trinajstić information content (AvgIpc) is 3.45. The molecule has 2 N–H and O–H groups in total. The number of carbonyl (C=O) groups is 1. The van der Waals surface area contributed by atoms with Gasteiger partial charge in [-0.25, -0.2) is 18.6 Å². The molecule has 2 amide bonds. The van der Waals surface area contributed by atoms with E-state index in [9.17, 15) is 23.5 Å². The highest BCUT2D eigenvalue weighted by atomic mass is 19.1. The van der Waals surface area contributed by atoms with Crippen LogP contribution in [-0.4, -0.2) is 68.8 Å². The molecule has 1 spiro atoms. The fourth-order valence-corrected chi connectivity index (χ4v) is 7.02. The van der Waals surface area contributed by atoms with Gasteiger partial charge in [0.2, 0.25) is 0 Å². The van der Waals surface area contributed by atoms with Crippen molar-refractivity contribution in [3.05, 3.63) is 88.5 Å². The van der Waals surface area contributed by atoms with Crippen LogP contribution in [0.5, 0.6) is 0 Å². The Kier molecular flexibility index (Phi) is 7.37. The van der Waals surface area contributed by atoms with Gasteiger partial charge in [-0.2, -0.15) is 0 Å². The minimum atomic E-state index is -1.20. The minimum Gasteiger partial charge on any atom is -0.387 e. The van der Waals surface area contributed by atoms with Gasteiger partial charge in [-0.05, 0) is 49.1 Å². The third-order valence-electron chi connectivity index (χ3n) is 9.26. The lowest BCUT2D eigenvalue weighted by atomic mass is 9.66. The van der Waals surface area contributed by atoms with E-state index in [2.05, 4.69) is 10.3 Å². The van der Waals surface area contributed by atoms with E-state index >= 15 is 0 Å². The number of halogens is 2. The summed E-state index contributed by atoms with van der Waals surface area (Å²) in [7, 11) is 0. The van der Waals surface area contributed by atoms with E-state index in [1.165, 1.54) is 41.2 Å². The standard InChI is InChI=1S/C31H35F2N5O3/c32-24-7-3-5-22(15-24)26-17-28(39)37(21-35-26)20-31(41)11-13-36(19-30(31)9-1-2-10-30)29(40)38-14-12-34-18-27(38)23-6-4-8-25(33)16-23/h3-8,15-17,21,27,34,41H,1-2,9-14,18-20H2. The van der Waals surface area contributed by atoms with Gasteiger partial charge in [-0.15, -0.1) is 0 Å². The molecule has 2 saturated heterocycles. The summed E-state index contributed by atoms with van der Waals surface area (Å²) in [4.78, 5) is 35.1. The molecule has 216 valence electrons. The predicted octanol–water partition coefficient (Wildman–Crippen LogP) is 3.95. The van der Waals surface area contributed by atoms with E-state index in [0.717, 1.165) is 31.2 Å². The smallest absolute Gasteiger partial charge is 0.320 e. The van der Waals surface area contributed by atoms with Gasteiger partial charge in [0.05, 0.1) is 30.2 Å². The zero-order valence-electron chi connectivity index (χ0n) is 22.9. The number of likely N-dealkylation sites (tertiary alicyclic amines) is 1. The van der Waals surface area contributed by atoms with Gasteiger partial charge in [0.25, 0.3) is 5.56 Å². The molecule has 41 heavy (non-hydrogen) atoms. The van der Waals surface area contributed by atoms with Gasteiger partial charge in [-0.1, -0.05) is 37.1 Å². The summed E-state index contributed by atoms with van der Waals surface area (Å²) in [5, 5.41) is 15.5. The van der Waals surface area contributed by atoms with Crippen LogP contribution in [0, 0.1) is 17.0 Å². The van der Waals surface area contributed by atoms with Gasteiger partial charge in [0.15, 0.2) is 0 Å². The van der Waals surface area contributed by atoms with Crippen LogP contribution < -0.4 is 10.9 Å². The van der Waals surface area contributed by atoms with E-state index in [-0.39, 0.29) is 30.0 Å². The van der Waals surface area contributed by atoms with Crippen LogP contribution in [-0.2, 0) is 6.54 Å². The first-order valence-corrected chi connectivity index (χ1v) is 14.3. The number of urea groups is 1. The molecule has 0 radical (unpaired) electrons. The summed E-state index contributed by atoms with van der Waals surface area (Å²) in [5.41, 5.74) is -0.433. The largest absolute Gasteiger partial charge is 0.387 e. The van der Waals surface area contributed by atoms with Crippen LogP contribution in [0.15, 0.2) is 65.7 Å². The van der Waals surface area contributed by atoms with Gasteiger partial charge in [-0.3, -0.25) is 9.36 Å². The van der Waals surface area contributed by atoms with Crippen molar-refractivity contribution in [3.8, 4) is 11.3 Å². The lowest BCUT2D eigenvalue weighted by Crippen LogP contribution is -2.64. The second-order valence-electron chi connectivity index (χ2n) is 11.7. The summed E-state index contributed by atoms with van der Waals surface area (Å²) in [5.74, 6) is -0.738. The number of amides is 2. The van der Waals surface area contributed by atoms with Crippen LogP contribution in [0.2, 0.25) is 0 Å². The SMILES string of the molecule is O=C(N1CCC(O)(Cn2cnc(-c3cccc(F)c3)cc2=O)C2(CCCC2)C1)N1CCNCC1c1cccc(F)c1. The van der Waals surface area contributed by atoms with Crippen molar-refractivity contribution >= 4 is 6.03 Å². The number of piperazine rings is 1. The topological polar surface area (TPSA) is 90.7 Å². The highest BCUT2D eigenvalue weighted by molar-refractivity contribution is 5.75. The Morgan fingerprint density at radius 2 is 1.78 bits per heavy atom. The minimum absolute atomic E-state index is 0.0733. The molecular formula is C31H35F2N5O3. The van der Waals surface area contributed by atoms with Gasteiger partial charge in [0, 0.05) is 49.8 Å². The molecular weight excluding hydrogens is 528 g/mol. The van der Waals surface area contributed by atoms with Gasteiger partial charge < -0.3 is 20.2 Å². The monoisotopic (exact) mass is 563 g/mol. The first kappa shape index (κ1) is 27.5. The number of rotatable bonds is 4. The second kappa shape index (κ2) is 11.0. The van der Waals surface area contributed by atoms with E-state index in [4.69, 9.17) is 0 Å². The van der Waals surface area contributed by atoms with Crippen molar-refractivity contribution in [1.82, 2.24) is 24.7 Å². The number of aliphatic hydroxyl groups is 1. The average molecular weight is 564 g/mol. The maximum atomic E-state index is 14.0. The number of nitrogens with zero attached hydrogens (tertiary/aromatic N) is 4. The Bertz CT molecular complexity index is 1490. The van der Waals surface area contributed by atoms with Crippen LogP contribution >= 0.6 is 0 Å². The number of benzene rings is 2. The zero-order chi connectivity index (χ0) is 28.6. The van der Waals surface area contributed by atoms with Crippen LogP contribution in [0.1, 0.15) is 43.7 Å². The highest BCUT2D eigenvalue weighted by Gasteiger charge is 2.56. The first-order valence-electron chi connectivity index (χ1n) is 14.3. The van der Waals surface area contributed by atoms with E-state index in [0.29, 0.717) is 50.4 Å². The van der Waals surface area contributed by atoms with Crippen LogP contribution in [0.3, 0.4) is 0 Å². The number of nitrogens with one attached hydrogen (secondary N) is 1. The Labute approximate surface area is 237 Å². The first-order chi connectivity index (χ1) is 19.8. The quantitative estimate of drug-likeness (QED) is 0.502. The summed E-state index contributed by atoms with van der Waals surface area (Å²) >= 11 is 0. The molecule has 10 heteroatoms. The molecule has 3 aliphatic rings. The third-order valence-corrected chi connectivity index (χ3v) is 9.26. The predicted molar refractivity (Wildman–Crippen MR) is 150 cm³/mol. The second-order valence-corrected chi connectivity index (χ2v) is 11.7. The molecule has 2 atom stereocenters. The maximum absolute atomic E-state index is 14.0. The molecule has 3 heterocycles. The zero-order valence-corrected chi connectivity index (χ0v) is 22.9. The Balaban J connectivity index is 1.23. The summed E-state index contributed by atoms with van der Waals surface area (Å²) in [6.45, 7) is 2.52. The molecule has 0 bridgehead atoms. The van der Waals surface area contributed by atoms with Crippen molar-refractivity contribution in [2.24, 2.45) is 5.41 Å². The Morgan fingerprint density at radius 1 is 1.02 bits per heavy atom. The number of carbonyl (C=O) groups excluding carboxylic acids is 1. The molecule has 6 rings (SSSR count). The van der Waals surface area contributed by atoms with E-state index in [1.807, 2.05) is 15.9 Å². The molecule has 1 aliphatic carbocycles. The van der Waals surface area contributed by atoms with Crippen molar-refractivity contribution < 1.29 is 18.7 Å². The van der Waals surface area contributed by atoms with Gasteiger partial charge in [0.1, 0.15) is 11.6 Å². The molecule has 3 fully saturated rings. The van der Waals surface area contributed by atoms with Gasteiger partial charge >= 0.3 is 6.03 Å². The molecule has 1 aromatic heterocycles. The Morgan fingerprint density at radius 3 is 2.51 bits per heavy atom. The molecule has 3 aromatic rings. The normalized spacial score (nSPS) is 24.1. The number of hydrogen-bond acceptors (Lipinski definition) is 5. The van der Waals surface area contributed by atoms with Crippen molar-refractivity contribution in [2.45, 2.75) is 50.3 Å². The lowest BCUT2D eigenvalue weighted by molar-refractivity contribution is -0.137. The highest BCUT2D eigenvalue weighted by Crippen LogP contribution is 2.51. The molecule has 2 unspecified atom stereocenters. The summed E-state index contributed by atoms with van der Waals surface area (Å²) in [6.07, 6.45) is 5.14. The number of piperidine rings is 1. The van der Waals surface area contributed by atoms with Crippen LogP contribution in [0.4, 0.5) is 13.6 Å². The number of hydrogen-bond donors (Lipinski definition) is 2. The molecule has 1 saturated carbocycles. The molecule has 2 aromatic carbocycles. The van der Waals surface area contributed by atoms with Crippen molar-refractivity contribution in [2.75, 3.05) is 32.7 Å². The van der Waals surface area contributed by atoms with Crippen molar-refractivity contribution in [1.29, 1.82) is 0 Å². The van der Waals surface area contributed by atoms with E-state index < -0.39 is 16.8 Å². The maximum Gasteiger partial charge on any atom is 0.320 e. The number of aromatic nitrogens is 2. The van der Waals surface area contributed by atoms with Crippen LogP contribution in [0.25, 0.3) is 11.3 Å². The molecule has 2 aliphatic heterocycles. The Hall–Kier alpha value is -3.63. The van der Waals surface area contributed by atoms with E-state index in [1.54, 1.807) is 18.2 Å². The molecule has 8 nitrogen and oxygen atoms in total. The summed E-state index contributed by atoms with van der Waals surface area (Å²) in [6, 6.07) is 13.3. The summed E-state index contributed by atoms with van der Waals surface area (Å²) < 4.78 is 29.1. The lowest BCUT2D eigenvalue weighted by Gasteiger charge is -2.53.